The lowest BCUT2D eigenvalue weighted by atomic mass is 10.0. The number of carbonyl (C=O) groups is 2. The van der Waals surface area contributed by atoms with Gasteiger partial charge in [0, 0.05) is 25.1 Å². The second kappa shape index (κ2) is 14.1. The van der Waals surface area contributed by atoms with E-state index in [1.165, 1.54) is 11.0 Å². The third-order valence-electron chi connectivity index (χ3n) is 6.65. The van der Waals surface area contributed by atoms with Crippen molar-refractivity contribution in [2.24, 2.45) is 0 Å². The highest BCUT2D eigenvalue weighted by Gasteiger charge is 2.33. The summed E-state index contributed by atoms with van der Waals surface area (Å²) in [7, 11) is -3.87. The number of nitrogens with zero attached hydrogens (tertiary/aromatic N) is 2. The zero-order chi connectivity index (χ0) is 29.3. The highest BCUT2D eigenvalue weighted by molar-refractivity contribution is 7.92. The van der Waals surface area contributed by atoms with Crippen LogP contribution in [-0.4, -0.2) is 50.5 Å². The van der Waals surface area contributed by atoms with Crippen molar-refractivity contribution in [2.75, 3.05) is 23.7 Å². The summed E-state index contributed by atoms with van der Waals surface area (Å²) >= 11 is 0. The van der Waals surface area contributed by atoms with E-state index >= 15 is 0 Å². The van der Waals surface area contributed by atoms with E-state index in [9.17, 15) is 22.4 Å². The van der Waals surface area contributed by atoms with E-state index in [4.69, 9.17) is 0 Å². The highest BCUT2D eigenvalue weighted by atomic mass is 32.2. The molecule has 9 heteroatoms. The van der Waals surface area contributed by atoms with Crippen LogP contribution in [0.5, 0.6) is 0 Å². The summed E-state index contributed by atoms with van der Waals surface area (Å²) in [6.45, 7) is 5.65. The first-order valence-corrected chi connectivity index (χ1v) is 15.3. The molecule has 3 aromatic rings. The van der Waals surface area contributed by atoms with Crippen LogP contribution in [0.4, 0.5) is 10.1 Å². The SMILES string of the molecule is CCCNC(=O)[C@H](Cc1ccccc1)N(Cc1ccccc1F)C(=O)CN(c1ccc(C(C)C)cc1)S(C)(=O)=O. The maximum atomic E-state index is 14.8. The second-order valence-electron chi connectivity index (χ2n) is 10.1. The number of hydrogen-bond donors (Lipinski definition) is 1. The first-order chi connectivity index (χ1) is 19.0. The third kappa shape index (κ3) is 8.39. The van der Waals surface area contributed by atoms with Crippen LogP contribution >= 0.6 is 0 Å². The summed E-state index contributed by atoms with van der Waals surface area (Å²) in [5, 5.41) is 2.86. The first-order valence-electron chi connectivity index (χ1n) is 13.4. The van der Waals surface area contributed by atoms with Crippen LogP contribution in [0.25, 0.3) is 0 Å². The van der Waals surface area contributed by atoms with E-state index in [1.54, 1.807) is 30.3 Å². The Labute approximate surface area is 237 Å². The van der Waals surface area contributed by atoms with Crippen LogP contribution in [-0.2, 0) is 32.6 Å². The van der Waals surface area contributed by atoms with Crippen molar-refractivity contribution in [3.63, 3.8) is 0 Å². The number of amides is 2. The van der Waals surface area contributed by atoms with Crippen LogP contribution in [0.15, 0.2) is 78.9 Å². The molecule has 40 heavy (non-hydrogen) atoms. The number of carbonyl (C=O) groups excluding carboxylic acids is 2. The molecule has 0 saturated carbocycles. The molecule has 7 nitrogen and oxygen atoms in total. The number of benzene rings is 3. The van der Waals surface area contributed by atoms with E-state index in [1.807, 2.05) is 63.2 Å². The zero-order valence-electron chi connectivity index (χ0n) is 23.5. The van der Waals surface area contributed by atoms with Crippen LogP contribution in [0.1, 0.15) is 49.8 Å². The number of hydrogen-bond acceptors (Lipinski definition) is 4. The molecule has 1 atom stereocenters. The van der Waals surface area contributed by atoms with Crippen LogP contribution in [0, 0.1) is 5.82 Å². The fourth-order valence-corrected chi connectivity index (χ4v) is 5.22. The molecule has 0 unspecified atom stereocenters. The maximum Gasteiger partial charge on any atom is 0.244 e. The van der Waals surface area contributed by atoms with Gasteiger partial charge in [-0.15, -0.1) is 0 Å². The van der Waals surface area contributed by atoms with Crippen molar-refractivity contribution in [1.82, 2.24) is 10.2 Å². The molecule has 0 saturated heterocycles. The summed E-state index contributed by atoms with van der Waals surface area (Å²) in [4.78, 5) is 28.7. The van der Waals surface area contributed by atoms with Crippen molar-refractivity contribution in [1.29, 1.82) is 0 Å². The molecule has 0 aliphatic rings. The van der Waals surface area contributed by atoms with Gasteiger partial charge in [0.2, 0.25) is 21.8 Å². The van der Waals surface area contributed by atoms with Gasteiger partial charge in [0.05, 0.1) is 11.9 Å². The Morgan fingerprint density at radius 1 is 0.925 bits per heavy atom. The lowest BCUT2D eigenvalue weighted by molar-refractivity contribution is -0.140. The summed E-state index contributed by atoms with van der Waals surface area (Å²) in [6.07, 6.45) is 1.91. The molecule has 0 heterocycles. The summed E-state index contributed by atoms with van der Waals surface area (Å²) in [5.41, 5.74) is 2.40. The topological polar surface area (TPSA) is 86.8 Å². The predicted octanol–water partition coefficient (Wildman–Crippen LogP) is 4.88. The molecular formula is C31H38FN3O4S. The number of nitrogens with one attached hydrogen (secondary N) is 1. The molecule has 0 bridgehead atoms. The van der Waals surface area contributed by atoms with E-state index < -0.39 is 34.3 Å². The molecule has 0 radical (unpaired) electrons. The summed E-state index contributed by atoms with van der Waals surface area (Å²) in [5.74, 6) is -1.27. The standard InChI is InChI=1S/C31H38FN3O4S/c1-5-19-33-31(37)29(20-24-11-7-6-8-12-24)34(21-26-13-9-10-14-28(26)32)30(36)22-35(40(4,38)39)27-17-15-25(16-18-27)23(2)3/h6-18,23,29H,5,19-22H2,1-4H3,(H,33,37)/t29-/m0/s1. The lowest BCUT2D eigenvalue weighted by Gasteiger charge is -2.33. The van der Waals surface area contributed by atoms with Crippen LogP contribution < -0.4 is 9.62 Å². The Morgan fingerprint density at radius 2 is 1.55 bits per heavy atom. The van der Waals surface area contributed by atoms with E-state index in [-0.39, 0.29) is 30.4 Å². The monoisotopic (exact) mass is 567 g/mol. The molecule has 3 aromatic carbocycles. The van der Waals surface area contributed by atoms with Gasteiger partial charge in [0.15, 0.2) is 0 Å². The minimum Gasteiger partial charge on any atom is -0.354 e. The fraction of sp³-hybridized carbons (Fsp3) is 0.355. The predicted molar refractivity (Wildman–Crippen MR) is 157 cm³/mol. The summed E-state index contributed by atoms with van der Waals surface area (Å²) < 4.78 is 41.6. The lowest BCUT2D eigenvalue weighted by Crippen LogP contribution is -2.53. The Kier molecular flexibility index (Phi) is 10.8. The van der Waals surface area contributed by atoms with Gasteiger partial charge >= 0.3 is 0 Å². The molecule has 0 aromatic heterocycles. The minimum absolute atomic E-state index is 0.179. The number of anilines is 1. The number of halogens is 1. The molecule has 3 rings (SSSR count). The molecule has 0 spiro atoms. The smallest absolute Gasteiger partial charge is 0.244 e. The van der Waals surface area contributed by atoms with E-state index in [0.29, 0.717) is 18.7 Å². The number of rotatable bonds is 13. The summed E-state index contributed by atoms with van der Waals surface area (Å²) in [6, 6.07) is 21.3. The second-order valence-corrected chi connectivity index (χ2v) is 12.0. The molecule has 0 aliphatic heterocycles. The van der Waals surface area contributed by atoms with Gasteiger partial charge in [-0.1, -0.05) is 81.4 Å². The van der Waals surface area contributed by atoms with E-state index in [0.717, 1.165) is 21.7 Å². The average Bonchev–Trinajstić information content (AvgIpc) is 2.93. The van der Waals surface area contributed by atoms with Gasteiger partial charge in [-0.05, 0) is 41.7 Å². The minimum atomic E-state index is -3.87. The van der Waals surface area contributed by atoms with Crippen molar-refractivity contribution >= 4 is 27.5 Å². The quantitative estimate of drug-likeness (QED) is 0.319. The van der Waals surface area contributed by atoms with Crippen molar-refractivity contribution in [3.8, 4) is 0 Å². The average molecular weight is 568 g/mol. The molecular weight excluding hydrogens is 529 g/mol. The molecule has 214 valence electrons. The van der Waals surface area contributed by atoms with Gasteiger partial charge in [0.1, 0.15) is 18.4 Å². The Bertz CT molecular complexity index is 1380. The Hall–Kier alpha value is -3.72. The Balaban J connectivity index is 2.04. The molecule has 2 amide bonds. The molecule has 0 aliphatic carbocycles. The Morgan fingerprint density at radius 3 is 2.12 bits per heavy atom. The molecule has 0 fully saturated rings. The maximum absolute atomic E-state index is 14.8. The fourth-order valence-electron chi connectivity index (χ4n) is 4.37. The van der Waals surface area contributed by atoms with Gasteiger partial charge in [0.25, 0.3) is 0 Å². The van der Waals surface area contributed by atoms with Crippen molar-refractivity contribution in [2.45, 2.75) is 52.1 Å². The normalized spacial score (nSPS) is 12.2. The van der Waals surface area contributed by atoms with Crippen LogP contribution in [0.2, 0.25) is 0 Å². The van der Waals surface area contributed by atoms with Gasteiger partial charge in [-0.3, -0.25) is 13.9 Å². The first kappa shape index (κ1) is 30.8. The van der Waals surface area contributed by atoms with Crippen LogP contribution in [0.3, 0.4) is 0 Å². The van der Waals surface area contributed by atoms with Gasteiger partial charge in [-0.2, -0.15) is 0 Å². The van der Waals surface area contributed by atoms with E-state index in [2.05, 4.69) is 5.32 Å². The van der Waals surface area contributed by atoms with Crippen molar-refractivity contribution < 1.29 is 22.4 Å². The third-order valence-corrected chi connectivity index (χ3v) is 7.79. The largest absolute Gasteiger partial charge is 0.354 e. The zero-order valence-corrected chi connectivity index (χ0v) is 24.3. The molecule has 1 N–H and O–H groups in total. The number of sulfonamides is 1. The van der Waals surface area contributed by atoms with Gasteiger partial charge in [-0.25, -0.2) is 12.8 Å². The van der Waals surface area contributed by atoms with Crippen molar-refractivity contribution in [3.05, 3.63) is 101 Å². The van der Waals surface area contributed by atoms with Gasteiger partial charge < -0.3 is 10.2 Å². The highest BCUT2D eigenvalue weighted by Crippen LogP contribution is 2.23.